The number of benzene rings is 2. The molecule has 1 heterocycles. The summed E-state index contributed by atoms with van der Waals surface area (Å²) in [5.41, 5.74) is 1.72. The molecule has 0 aliphatic carbocycles. The fourth-order valence-electron chi connectivity index (χ4n) is 2.66. The molecular weight excluding hydrogens is 368 g/mol. The number of nitrogens with zero attached hydrogens (tertiary/aromatic N) is 2. The van der Waals surface area contributed by atoms with E-state index in [-0.39, 0.29) is 23.7 Å². The highest BCUT2D eigenvalue weighted by Gasteiger charge is 2.19. The predicted octanol–water partition coefficient (Wildman–Crippen LogP) is 2.84. The lowest BCUT2D eigenvalue weighted by molar-refractivity contribution is -0.382. The molecule has 0 bridgehead atoms. The number of aryl methyl sites for hydroxylation is 1. The SMILES string of the molecule is Cc1ccc(S(=O)(=O)NCCNc2ccc3ncccc3c2[N+](=O)[O-])cc1. The van der Waals surface area contributed by atoms with Crippen LogP contribution in [0, 0.1) is 17.0 Å². The Morgan fingerprint density at radius 3 is 2.52 bits per heavy atom. The number of fused-ring (bicyclic) bond motifs is 1. The minimum atomic E-state index is -3.63. The number of rotatable bonds is 7. The first-order valence-electron chi connectivity index (χ1n) is 8.21. The smallest absolute Gasteiger partial charge is 0.301 e. The van der Waals surface area contributed by atoms with Gasteiger partial charge in [0, 0.05) is 19.3 Å². The molecule has 0 spiro atoms. The van der Waals surface area contributed by atoms with Crippen LogP contribution in [0.1, 0.15) is 5.56 Å². The fourth-order valence-corrected chi connectivity index (χ4v) is 3.69. The van der Waals surface area contributed by atoms with Crippen molar-refractivity contribution in [3.8, 4) is 0 Å². The number of pyridine rings is 1. The number of nitrogens with one attached hydrogen (secondary N) is 2. The second kappa shape index (κ2) is 7.68. The van der Waals surface area contributed by atoms with E-state index in [2.05, 4.69) is 15.0 Å². The van der Waals surface area contributed by atoms with Crippen LogP contribution < -0.4 is 10.0 Å². The van der Waals surface area contributed by atoms with Gasteiger partial charge in [0.1, 0.15) is 5.69 Å². The molecule has 2 N–H and O–H groups in total. The number of hydrogen-bond acceptors (Lipinski definition) is 6. The average molecular weight is 386 g/mol. The van der Waals surface area contributed by atoms with Crippen LogP contribution in [0.25, 0.3) is 10.9 Å². The first-order chi connectivity index (χ1) is 12.9. The third kappa shape index (κ3) is 4.21. The zero-order valence-corrected chi connectivity index (χ0v) is 15.4. The highest BCUT2D eigenvalue weighted by atomic mass is 32.2. The maximum Gasteiger partial charge on any atom is 0.301 e. The lowest BCUT2D eigenvalue weighted by Gasteiger charge is -2.10. The molecule has 0 radical (unpaired) electrons. The minimum Gasteiger partial charge on any atom is -0.378 e. The Kier molecular flexibility index (Phi) is 5.33. The molecule has 0 saturated carbocycles. The topological polar surface area (TPSA) is 114 Å². The van der Waals surface area contributed by atoms with Crippen molar-refractivity contribution in [2.75, 3.05) is 18.4 Å². The molecule has 2 aromatic carbocycles. The Hall–Kier alpha value is -3.04. The first kappa shape index (κ1) is 18.7. The molecule has 0 unspecified atom stereocenters. The molecule has 3 aromatic rings. The van der Waals surface area contributed by atoms with Crippen LogP contribution in [0.3, 0.4) is 0 Å². The van der Waals surface area contributed by atoms with Crippen LogP contribution in [0.5, 0.6) is 0 Å². The average Bonchev–Trinajstić information content (AvgIpc) is 2.65. The molecule has 0 amide bonds. The van der Waals surface area contributed by atoms with Crippen molar-refractivity contribution in [2.45, 2.75) is 11.8 Å². The van der Waals surface area contributed by atoms with E-state index in [9.17, 15) is 18.5 Å². The van der Waals surface area contributed by atoms with E-state index in [4.69, 9.17) is 0 Å². The summed E-state index contributed by atoms with van der Waals surface area (Å²) in [5, 5.41) is 14.8. The standard InChI is InChI=1S/C18H18N4O4S/c1-13-4-6-14(7-5-13)27(25,26)21-12-11-20-17-9-8-16-15(3-2-10-19-16)18(17)22(23)24/h2-10,20-21H,11-12H2,1H3. The summed E-state index contributed by atoms with van der Waals surface area (Å²) in [4.78, 5) is 15.3. The third-order valence-electron chi connectivity index (χ3n) is 4.00. The maximum absolute atomic E-state index is 12.2. The monoisotopic (exact) mass is 386 g/mol. The van der Waals surface area contributed by atoms with Gasteiger partial charge in [-0.3, -0.25) is 15.1 Å². The maximum atomic E-state index is 12.2. The van der Waals surface area contributed by atoms with E-state index >= 15 is 0 Å². The molecule has 3 rings (SSSR count). The van der Waals surface area contributed by atoms with E-state index in [1.165, 1.54) is 12.1 Å². The van der Waals surface area contributed by atoms with Gasteiger partial charge in [0.05, 0.1) is 20.7 Å². The highest BCUT2D eigenvalue weighted by molar-refractivity contribution is 7.89. The Labute approximate surface area is 156 Å². The molecule has 140 valence electrons. The van der Waals surface area contributed by atoms with Crippen LogP contribution in [0.4, 0.5) is 11.4 Å². The van der Waals surface area contributed by atoms with E-state index in [1.807, 2.05) is 6.92 Å². The summed E-state index contributed by atoms with van der Waals surface area (Å²) >= 11 is 0. The van der Waals surface area contributed by atoms with Gasteiger partial charge in [0.25, 0.3) is 0 Å². The summed E-state index contributed by atoms with van der Waals surface area (Å²) in [6.45, 7) is 2.15. The predicted molar refractivity (Wildman–Crippen MR) is 103 cm³/mol. The summed E-state index contributed by atoms with van der Waals surface area (Å²) in [7, 11) is -3.63. The molecule has 8 nitrogen and oxygen atoms in total. The molecule has 27 heavy (non-hydrogen) atoms. The second-order valence-corrected chi connectivity index (χ2v) is 7.69. The van der Waals surface area contributed by atoms with Gasteiger partial charge in [-0.1, -0.05) is 17.7 Å². The second-order valence-electron chi connectivity index (χ2n) is 5.93. The number of aromatic nitrogens is 1. The third-order valence-corrected chi connectivity index (χ3v) is 5.48. The summed E-state index contributed by atoms with van der Waals surface area (Å²) in [5.74, 6) is 0. The minimum absolute atomic E-state index is 0.0815. The lowest BCUT2D eigenvalue weighted by Crippen LogP contribution is -2.29. The van der Waals surface area contributed by atoms with Crippen LogP contribution >= 0.6 is 0 Å². The molecule has 0 aliphatic heterocycles. The van der Waals surface area contributed by atoms with Gasteiger partial charge in [-0.15, -0.1) is 0 Å². The number of sulfonamides is 1. The highest BCUT2D eigenvalue weighted by Crippen LogP contribution is 2.32. The Balaban J connectivity index is 1.70. The summed E-state index contributed by atoms with van der Waals surface area (Å²) in [6.07, 6.45) is 1.57. The van der Waals surface area contributed by atoms with Crippen molar-refractivity contribution in [3.05, 3.63) is 70.4 Å². The Morgan fingerprint density at radius 1 is 1.07 bits per heavy atom. The van der Waals surface area contributed by atoms with Crippen molar-refractivity contribution >= 4 is 32.3 Å². The van der Waals surface area contributed by atoms with Gasteiger partial charge in [0.2, 0.25) is 10.0 Å². The van der Waals surface area contributed by atoms with Gasteiger partial charge >= 0.3 is 5.69 Å². The summed E-state index contributed by atoms with van der Waals surface area (Å²) < 4.78 is 27.0. The van der Waals surface area contributed by atoms with Gasteiger partial charge < -0.3 is 5.32 Å². The van der Waals surface area contributed by atoms with Crippen molar-refractivity contribution in [3.63, 3.8) is 0 Å². The number of nitro groups is 1. The van der Waals surface area contributed by atoms with Crippen LogP contribution in [0.15, 0.2) is 59.6 Å². The number of nitro benzene ring substituents is 1. The molecule has 1 aromatic heterocycles. The Bertz CT molecular complexity index is 1080. The number of hydrogen-bond donors (Lipinski definition) is 2. The molecular formula is C18H18N4O4S. The van der Waals surface area contributed by atoms with Crippen LogP contribution in [0.2, 0.25) is 0 Å². The zero-order chi connectivity index (χ0) is 19.4. The molecule has 0 aliphatic rings. The normalized spacial score (nSPS) is 11.4. The van der Waals surface area contributed by atoms with Crippen molar-refractivity contribution in [2.24, 2.45) is 0 Å². The van der Waals surface area contributed by atoms with Gasteiger partial charge in [0.15, 0.2) is 0 Å². The number of anilines is 1. The Morgan fingerprint density at radius 2 is 1.81 bits per heavy atom. The lowest BCUT2D eigenvalue weighted by atomic mass is 10.1. The molecule has 0 fully saturated rings. The van der Waals surface area contributed by atoms with Crippen LogP contribution in [-0.4, -0.2) is 31.4 Å². The molecule has 0 atom stereocenters. The van der Waals surface area contributed by atoms with Crippen molar-refractivity contribution in [1.29, 1.82) is 0 Å². The first-order valence-corrected chi connectivity index (χ1v) is 9.69. The van der Waals surface area contributed by atoms with E-state index in [0.717, 1.165) is 5.56 Å². The van der Waals surface area contributed by atoms with E-state index in [0.29, 0.717) is 16.6 Å². The molecule has 9 heteroatoms. The van der Waals surface area contributed by atoms with Crippen molar-refractivity contribution in [1.82, 2.24) is 9.71 Å². The van der Waals surface area contributed by atoms with Gasteiger partial charge in [-0.2, -0.15) is 0 Å². The van der Waals surface area contributed by atoms with E-state index in [1.54, 1.807) is 42.6 Å². The fraction of sp³-hybridized carbons (Fsp3) is 0.167. The van der Waals surface area contributed by atoms with Crippen molar-refractivity contribution < 1.29 is 13.3 Å². The van der Waals surface area contributed by atoms with E-state index < -0.39 is 14.9 Å². The summed E-state index contributed by atoms with van der Waals surface area (Å²) in [6, 6.07) is 13.0. The largest absolute Gasteiger partial charge is 0.378 e. The van der Waals surface area contributed by atoms with Gasteiger partial charge in [-0.05, 0) is 43.3 Å². The van der Waals surface area contributed by atoms with Gasteiger partial charge in [-0.25, -0.2) is 13.1 Å². The quantitative estimate of drug-likeness (QED) is 0.367. The zero-order valence-electron chi connectivity index (χ0n) is 14.5. The molecule has 0 saturated heterocycles. The van der Waals surface area contributed by atoms with Crippen LogP contribution in [-0.2, 0) is 10.0 Å².